The summed E-state index contributed by atoms with van der Waals surface area (Å²) in [5.74, 6) is 1.91. The molecule has 0 unspecified atom stereocenters. The highest BCUT2D eigenvalue weighted by atomic mass is 35.5. The molecule has 112 valence electrons. The van der Waals surface area contributed by atoms with Crippen LogP contribution >= 0.6 is 11.6 Å². The molecular weight excluding hydrogens is 274 g/mol. The summed E-state index contributed by atoms with van der Waals surface area (Å²) in [7, 11) is 0. The summed E-state index contributed by atoms with van der Waals surface area (Å²) in [6, 6.07) is 1.87. The third-order valence-electron chi connectivity index (χ3n) is 3.34. The van der Waals surface area contributed by atoms with E-state index < -0.39 is 0 Å². The van der Waals surface area contributed by atoms with Gasteiger partial charge in [-0.05, 0) is 31.7 Å². The molecule has 0 amide bonds. The van der Waals surface area contributed by atoms with Gasteiger partial charge in [-0.3, -0.25) is 0 Å². The maximum atomic E-state index is 6.48. The normalized spacial score (nSPS) is 15.3. The van der Waals surface area contributed by atoms with Gasteiger partial charge in [0.15, 0.2) is 11.5 Å². The van der Waals surface area contributed by atoms with E-state index in [1.807, 2.05) is 19.9 Å². The molecule has 1 aliphatic heterocycles. The number of hydrogen-bond acceptors (Lipinski definition) is 3. The molecule has 0 saturated heterocycles. The Morgan fingerprint density at radius 2 is 1.95 bits per heavy atom. The van der Waals surface area contributed by atoms with Crippen molar-refractivity contribution >= 4 is 11.6 Å². The zero-order valence-corrected chi connectivity index (χ0v) is 13.5. The van der Waals surface area contributed by atoms with E-state index in [-0.39, 0.29) is 5.54 Å². The van der Waals surface area contributed by atoms with Gasteiger partial charge in [0, 0.05) is 28.6 Å². The van der Waals surface area contributed by atoms with Gasteiger partial charge in [0.2, 0.25) is 0 Å². The molecule has 2 N–H and O–H groups in total. The summed E-state index contributed by atoms with van der Waals surface area (Å²) < 4.78 is 11.7. The number of halogens is 1. The number of nitrogens with two attached hydrogens (primary N) is 1. The van der Waals surface area contributed by atoms with Crippen molar-refractivity contribution in [2.24, 2.45) is 5.73 Å². The summed E-state index contributed by atoms with van der Waals surface area (Å²) >= 11 is 6.48. The fourth-order valence-corrected chi connectivity index (χ4v) is 2.85. The van der Waals surface area contributed by atoms with E-state index >= 15 is 0 Å². The molecule has 1 heterocycles. The van der Waals surface area contributed by atoms with Crippen LogP contribution in [-0.4, -0.2) is 18.8 Å². The van der Waals surface area contributed by atoms with E-state index in [1.54, 1.807) is 0 Å². The molecule has 1 aromatic carbocycles. The SMILES string of the molecule is CC(C)c1c(CC(C)(C)N)c(Cl)cc2c1OCCCO2. The average molecular weight is 298 g/mol. The molecule has 1 aromatic rings. The summed E-state index contributed by atoms with van der Waals surface area (Å²) in [5.41, 5.74) is 8.08. The first-order chi connectivity index (χ1) is 9.29. The van der Waals surface area contributed by atoms with Crippen LogP contribution in [0.15, 0.2) is 6.07 Å². The molecule has 20 heavy (non-hydrogen) atoms. The van der Waals surface area contributed by atoms with Crippen LogP contribution in [0.5, 0.6) is 11.5 Å². The van der Waals surface area contributed by atoms with Crippen molar-refractivity contribution < 1.29 is 9.47 Å². The highest BCUT2D eigenvalue weighted by Crippen LogP contribution is 2.44. The Morgan fingerprint density at radius 3 is 2.55 bits per heavy atom. The third-order valence-corrected chi connectivity index (χ3v) is 3.68. The molecule has 4 heteroatoms. The van der Waals surface area contributed by atoms with Crippen molar-refractivity contribution in [2.45, 2.75) is 52.0 Å². The number of hydrogen-bond donors (Lipinski definition) is 1. The predicted octanol–water partition coefficient (Wildman–Crippen LogP) is 3.90. The molecule has 0 bridgehead atoms. The van der Waals surface area contributed by atoms with Crippen LogP contribution < -0.4 is 15.2 Å². The lowest BCUT2D eigenvalue weighted by Crippen LogP contribution is -2.35. The molecule has 0 atom stereocenters. The van der Waals surface area contributed by atoms with Gasteiger partial charge in [0.05, 0.1) is 13.2 Å². The van der Waals surface area contributed by atoms with Gasteiger partial charge in [-0.25, -0.2) is 0 Å². The second-order valence-corrected chi connectivity index (χ2v) is 6.86. The van der Waals surface area contributed by atoms with Gasteiger partial charge in [-0.15, -0.1) is 0 Å². The van der Waals surface area contributed by atoms with Crippen LogP contribution in [0.1, 0.15) is 51.2 Å². The zero-order chi connectivity index (χ0) is 14.9. The third kappa shape index (κ3) is 3.39. The summed E-state index contributed by atoms with van der Waals surface area (Å²) in [5, 5.41) is 0.719. The summed E-state index contributed by atoms with van der Waals surface area (Å²) in [6.45, 7) is 9.66. The molecule has 0 saturated carbocycles. The van der Waals surface area contributed by atoms with Crippen LogP contribution in [-0.2, 0) is 6.42 Å². The van der Waals surface area contributed by atoms with Gasteiger partial charge < -0.3 is 15.2 Å². The predicted molar refractivity (Wildman–Crippen MR) is 83.1 cm³/mol. The van der Waals surface area contributed by atoms with Crippen molar-refractivity contribution in [3.8, 4) is 11.5 Å². The average Bonchev–Trinajstić information content (AvgIpc) is 2.52. The van der Waals surface area contributed by atoms with Gasteiger partial charge >= 0.3 is 0 Å². The summed E-state index contributed by atoms with van der Waals surface area (Å²) in [4.78, 5) is 0. The van der Waals surface area contributed by atoms with Crippen LogP contribution in [0.4, 0.5) is 0 Å². The first-order valence-electron chi connectivity index (χ1n) is 7.19. The van der Waals surface area contributed by atoms with Crippen molar-refractivity contribution in [3.05, 3.63) is 22.2 Å². The van der Waals surface area contributed by atoms with E-state index in [1.165, 1.54) is 0 Å². The van der Waals surface area contributed by atoms with E-state index in [2.05, 4.69) is 13.8 Å². The molecule has 3 nitrogen and oxygen atoms in total. The fraction of sp³-hybridized carbons (Fsp3) is 0.625. The monoisotopic (exact) mass is 297 g/mol. The molecule has 2 rings (SSSR count). The van der Waals surface area contributed by atoms with E-state index in [9.17, 15) is 0 Å². The lowest BCUT2D eigenvalue weighted by Gasteiger charge is -2.25. The number of fused-ring (bicyclic) bond motifs is 1. The van der Waals surface area contributed by atoms with Crippen LogP contribution in [0, 0.1) is 0 Å². The molecule has 0 radical (unpaired) electrons. The highest BCUT2D eigenvalue weighted by Gasteiger charge is 2.26. The van der Waals surface area contributed by atoms with Gasteiger partial charge in [0.25, 0.3) is 0 Å². The van der Waals surface area contributed by atoms with Gasteiger partial charge in [-0.2, -0.15) is 0 Å². The Labute approximate surface area is 126 Å². The second-order valence-electron chi connectivity index (χ2n) is 6.45. The number of benzene rings is 1. The largest absolute Gasteiger partial charge is 0.489 e. The first-order valence-corrected chi connectivity index (χ1v) is 7.57. The Balaban J connectivity index is 2.58. The molecule has 1 aliphatic rings. The van der Waals surface area contributed by atoms with Gasteiger partial charge in [0.1, 0.15) is 0 Å². The van der Waals surface area contributed by atoms with Crippen LogP contribution in [0.2, 0.25) is 5.02 Å². The Morgan fingerprint density at radius 1 is 1.30 bits per heavy atom. The fourth-order valence-electron chi connectivity index (χ4n) is 2.58. The zero-order valence-electron chi connectivity index (χ0n) is 12.8. The lowest BCUT2D eigenvalue weighted by atomic mass is 9.87. The van der Waals surface area contributed by atoms with Crippen LogP contribution in [0.25, 0.3) is 0 Å². The van der Waals surface area contributed by atoms with Gasteiger partial charge in [-0.1, -0.05) is 25.4 Å². The quantitative estimate of drug-likeness (QED) is 0.920. The minimum atomic E-state index is -0.312. The summed E-state index contributed by atoms with van der Waals surface area (Å²) in [6.07, 6.45) is 1.61. The van der Waals surface area contributed by atoms with Crippen molar-refractivity contribution in [1.29, 1.82) is 0 Å². The standard InChI is InChI=1S/C16H24ClNO2/c1-10(2)14-11(9-16(3,4)18)12(17)8-13-15(14)20-7-5-6-19-13/h8,10H,5-7,9,18H2,1-4H3. The van der Waals surface area contributed by atoms with Crippen LogP contribution in [0.3, 0.4) is 0 Å². The Bertz CT molecular complexity index is 492. The Kier molecular flexibility index (Phi) is 4.50. The second kappa shape index (κ2) is 5.82. The number of rotatable bonds is 3. The topological polar surface area (TPSA) is 44.5 Å². The molecule has 0 aromatic heterocycles. The maximum absolute atomic E-state index is 6.48. The maximum Gasteiger partial charge on any atom is 0.164 e. The molecule has 0 spiro atoms. The lowest BCUT2D eigenvalue weighted by molar-refractivity contribution is 0.295. The van der Waals surface area contributed by atoms with Crippen molar-refractivity contribution in [2.75, 3.05) is 13.2 Å². The molecular formula is C16H24ClNO2. The highest BCUT2D eigenvalue weighted by molar-refractivity contribution is 6.31. The van der Waals surface area contributed by atoms with Crippen molar-refractivity contribution in [3.63, 3.8) is 0 Å². The smallest absolute Gasteiger partial charge is 0.164 e. The minimum absolute atomic E-state index is 0.307. The van der Waals surface area contributed by atoms with E-state index in [0.29, 0.717) is 19.1 Å². The van der Waals surface area contributed by atoms with E-state index in [4.69, 9.17) is 26.8 Å². The molecule has 0 aliphatic carbocycles. The van der Waals surface area contributed by atoms with Crippen molar-refractivity contribution in [1.82, 2.24) is 0 Å². The Hall–Kier alpha value is -0.930. The minimum Gasteiger partial charge on any atom is -0.489 e. The number of ether oxygens (including phenoxy) is 2. The first kappa shape index (κ1) is 15.5. The van der Waals surface area contributed by atoms with E-state index in [0.717, 1.165) is 40.5 Å². The molecule has 0 fully saturated rings.